The van der Waals surface area contributed by atoms with E-state index in [1.54, 1.807) is 6.92 Å². The summed E-state index contributed by atoms with van der Waals surface area (Å²) in [5, 5.41) is 31.5. The first-order valence-electron chi connectivity index (χ1n) is 13.5. The summed E-state index contributed by atoms with van der Waals surface area (Å²) in [5.74, 6) is -2.71. The molecule has 0 unspecified atom stereocenters. The number of carbonyl (C=O) groups excluding carboxylic acids is 3. The van der Waals surface area contributed by atoms with Gasteiger partial charge in [0.2, 0.25) is 0 Å². The van der Waals surface area contributed by atoms with Crippen LogP contribution in [0.5, 0.6) is 0 Å². The van der Waals surface area contributed by atoms with Gasteiger partial charge in [0.15, 0.2) is 11.6 Å². The SMILES string of the molecule is C/C(=C\C(=O)C[C@H](C)C(=O)O)[C@H]1CC(=O)[C@@]2(C)C3=C(C(=O)C[C@]12C)[C@@]1(C)CC[C@H](O)C(C)(C)[C@@H]1C[C@@H]3O. The molecule has 0 heterocycles. The summed E-state index contributed by atoms with van der Waals surface area (Å²) in [6, 6.07) is 0. The molecule has 2 saturated carbocycles. The Bertz CT molecular complexity index is 1130. The Morgan fingerprint density at radius 3 is 2.32 bits per heavy atom. The number of rotatable bonds is 5. The van der Waals surface area contributed by atoms with Gasteiger partial charge in [0, 0.05) is 24.8 Å². The monoisotopic (exact) mass is 514 g/mol. The topological polar surface area (TPSA) is 129 Å². The van der Waals surface area contributed by atoms with Gasteiger partial charge in [-0.3, -0.25) is 19.2 Å². The number of aliphatic hydroxyl groups excluding tert-OH is 2. The summed E-state index contributed by atoms with van der Waals surface area (Å²) in [4.78, 5) is 51.7. The van der Waals surface area contributed by atoms with Crippen LogP contribution in [-0.4, -0.2) is 50.8 Å². The molecule has 0 radical (unpaired) electrons. The molecule has 8 atom stereocenters. The highest BCUT2D eigenvalue weighted by atomic mass is 16.4. The summed E-state index contributed by atoms with van der Waals surface area (Å²) in [5.41, 5.74) is -1.06. The maximum atomic E-state index is 14.0. The van der Waals surface area contributed by atoms with Gasteiger partial charge in [-0.1, -0.05) is 40.2 Å². The van der Waals surface area contributed by atoms with Crippen molar-refractivity contribution in [2.45, 2.75) is 99.2 Å². The third-order valence-electron chi connectivity index (χ3n) is 11.2. The molecule has 0 saturated heterocycles. The number of aliphatic hydroxyl groups is 2. The van der Waals surface area contributed by atoms with Crippen LogP contribution in [-0.2, 0) is 19.2 Å². The van der Waals surface area contributed by atoms with E-state index in [0.29, 0.717) is 36.0 Å². The molecule has 7 nitrogen and oxygen atoms in total. The Morgan fingerprint density at radius 2 is 1.73 bits per heavy atom. The molecule has 0 bridgehead atoms. The lowest BCUT2D eigenvalue weighted by atomic mass is 9.42. The molecule has 204 valence electrons. The maximum Gasteiger partial charge on any atom is 0.306 e. The van der Waals surface area contributed by atoms with E-state index >= 15 is 0 Å². The molecular formula is C30H42O7. The minimum Gasteiger partial charge on any atom is -0.481 e. The van der Waals surface area contributed by atoms with Gasteiger partial charge in [-0.05, 0) is 72.8 Å². The number of carboxylic acid groups (broad SMARTS) is 1. The largest absolute Gasteiger partial charge is 0.481 e. The van der Waals surface area contributed by atoms with Gasteiger partial charge < -0.3 is 15.3 Å². The van der Waals surface area contributed by atoms with E-state index in [4.69, 9.17) is 5.11 Å². The molecule has 0 aliphatic heterocycles. The van der Waals surface area contributed by atoms with Crippen molar-refractivity contribution in [3.8, 4) is 0 Å². The van der Waals surface area contributed by atoms with Crippen molar-refractivity contribution in [1.82, 2.24) is 0 Å². The van der Waals surface area contributed by atoms with Crippen LogP contribution >= 0.6 is 0 Å². The molecule has 4 aliphatic carbocycles. The van der Waals surface area contributed by atoms with Gasteiger partial charge in [-0.2, -0.15) is 0 Å². The molecule has 4 aliphatic rings. The van der Waals surface area contributed by atoms with Crippen molar-refractivity contribution in [2.75, 3.05) is 0 Å². The second-order valence-corrected chi connectivity index (χ2v) is 13.5. The molecule has 7 heteroatoms. The number of aliphatic carboxylic acids is 1. The fourth-order valence-electron chi connectivity index (χ4n) is 8.69. The first-order valence-corrected chi connectivity index (χ1v) is 13.5. The van der Waals surface area contributed by atoms with Crippen LogP contribution in [0.1, 0.15) is 87.0 Å². The standard InChI is InChI=1S/C30H42O7/c1-15(10-17(31)11-16(2)26(36)37)18-12-23(35)30(7)25-19(32)13-21-27(3,4)22(34)8-9-28(21,5)24(25)20(33)14-29(18,30)6/h10,16,18-19,21-22,32,34H,8-9,11-14H2,1-7H3,(H,36,37)/b15-10+/t16-,18+,19-,21-,22-,28-,29+,30-/m0/s1. The van der Waals surface area contributed by atoms with Crippen molar-refractivity contribution in [3.05, 3.63) is 22.8 Å². The Kier molecular flexibility index (Phi) is 6.56. The van der Waals surface area contributed by atoms with Crippen molar-refractivity contribution in [3.63, 3.8) is 0 Å². The average molecular weight is 515 g/mol. The van der Waals surface area contributed by atoms with Gasteiger partial charge in [0.05, 0.1) is 23.5 Å². The van der Waals surface area contributed by atoms with Crippen LogP contribution in [0.4, 0.5) is 0 Å². The van der Waals surface area contributed by atoms with Crippen molar-refractivity contribution in [2.24, 2.45) is 39.4 Å². The normalized spacial score (nSPS) is 42.1. The van der Waals surface area contributed by atoms with E-state index in [0.717, 1.165) is 0 Å². The first kappa shape index (κ1) is 27.9. The lowest BCUT2D eigenvalue weighted by Gasteiger charge is -2.61. The van der Waals surface area contributed by atoms with Crippen LogP contribution in [0.25, 0.3) is 0 Å². The number of Topliss-reactive ketones (excluding diaryl/α,β-unsaturated/α-hetero) is 2. The highest BCUT2D eigenvalue weighted by molar-refractivity contribution is 6.05. The molecule has 0 aromatic carbocycles. The highest BCUT2D eigenvalue weighted by Gasteiger charge is 2.69. The quantitative estimate of drug-likeness (QED) is 0.472. The zero-order chi connectivity index (χ0) is 27.9. The van der Waals surface area contributed by atoms with Crippen molar-refractivity contribution < 1.29 is 34.5 Å². The van der Waals surface area contributed by atoms with Crippen LogP contribution in [0.2, 0.25) is 0 Å². The van der Waals surface area contributed by atoms with Crippen molar-refractivity contribution >= 4 is 23.3 Å². The van der Waals surface area contributed by atoms with Crippen LogP contribution < -0.4 is 0 Å². The third-order valence-corrected chi connectivity index (χ3v) is 11.2. The maximum absolute atomic E-state index is 14.0. The van der Waals surface area contributed by atoms with Crippen LogP contribution in [0.3, 0.4) is 0 Å². The van der Waals surface area contributed by atoms with Gasteiger partial charge >= 0.3 is 5.97 Å². The minimum absolute atomic E-state index is 0.0321. The lowest BCUT2D eigenvalue weighted by Crippen LogP contribution is -2.60. The van der Waals surface area contributed by atoms with Crippen LogP contribution in [0.15, 0.2) is 22.8 Å². The van der Waals surface area contributed by atoms with E-state index in [9.17, 15) is 29.4 Å². The predicted molar refractivity (Wildman–Crippen MR) is 137 cm³/mol. The zero-order valence-corrected chi connectivity index (χ0v) is 23.2. The molecule has 37 heavy (non-hydrogen) atoms. The summed E-state index contributed by atoms with van der Waals surface area (Å²) in [7, 11) is 0. The number of ketones is 3. The van der Waals surface area contributed by atoms with Gasteiger partial charge in [0.25, 0.3) is 0 Å². The van der Waals surface area contributed by atoms with E-state index in [1.807, 2.05) is 27.7 Å². The summed E-state index contributed by atoms with van der Waals surface area (Å²) in [6.45, 7) is 13.1. The van der Waals surface area contributed by atoms with Gasteiger partial charge in [0.1, 0.15) is 5.78 Å². The van der Waals surface area contributed by atoms with E-state index < -0.39 is 45.8 Å². The summed E-state index contributed by atoms with van der Waals surface area (Å²) in [6.07, 6.45) is 1.71. The molecule has 2 fully saturated rings. The zero-order valence-electron chi connectivity index (χ0n) is 23.2. The predicted octanol–water partition coefficient (Wildman–Crippen LogP) is 4.05. The Hall–Kier alpha value is -2.12. The number of hydrogen-bond acceptors (Lipinski definition) is 6. The molecule has 0 amide bonds. The molecular weight excluding hydrogens is 472 g/mol. The second kappa shape index (κ2) is 8.70. The molecule has 3 N–H and O–H groups in total. The Labute approximate surface area is 219 Å². The Morgan fingerprint density at radius 1 is 1.11 bits per heavy atom. The molecule has 0 spiro atoms. The molecule has 4 rings (SSSR count). The average Bonchev–Trinajstić information content (AvgIpc) is 2.99. The minimum atomic E-state index is -1.05. The molecule has 0 aromatic rings. The smallest absolute Gasteiger partial charge is 0.306 e. The highest BCUT2D eigenvalue weighted by Crippen LogP contribution is 2.70. The van der Waals surface area contributed by atoms with E-state index in [2.05, 4.69) is 6.92 Å². The van der Waals surface area contributed by atoms with Gasteiger partial charge in [-0.25, -0.2) is 0 Å². The summed E-state index contributed by atoms with van der Waals surface area (Å²) < 4.78 is 0. The number of carbonyl (C=O) groups is 4. The Balaban J connectivity index is 1.80. The first-order chi connectivity index (χ1) is 16.9. The second-order valence-electron chi connectivity index (χ2n) is 13.5. The number of allylic oxidation sites excluding steroid dienone is 3. The third kappa shape index (κ3) is 3.75. The van der Waals surface area contributed by atoms with Crippen LogP contribution in [0, 0.1) is 39.4 Å². The number of hydrogen-bond donors (Lipinski definition) is 3. The fraction of sp³-hybridized carbons (Fsp3) is 0.733. The number of fused-ring (bicyclic) bond motifs is 4. The summed E-state index contributed by atoms with van der Waals surface area (Å²) >= 11 is 0. The fourth-order valence-corrected chi connectivity index (χ4v) is 8.69. The van der Waals surface area contributed by atoms with Gasteiger partial charge in [-0.15, -0.1) is 0 Å². The van der Waals surface area contributed by atoms with E-state index in [-0.39, 0.29) is 48.4 Å². The number of carboxylic acids is 1. The van der Waals surface area contributed by atoms with Crippen molar-refractivity contribution in [1.29, 1.82) is 0 Å². The van der Waals surface area contributed by atoms with E-state index in [1.165, 1.54) is 13.0 Å². The molecule has 0 aromatic heterocycles. The lowest BCUT2D eigenvalue weighted by molar-refractivity contribution is -0.143.